The third-order valence-electron chi connectivity index (χ3n) is 2.83. The van der Waals surface area contributed by atoms with E-state index >= 15 is 0 Å². The summed E-state index contributed by atoms with van der Waals surface area (Å²) in [5.74, 6) is 0. The van der Waals surface area contributed by atoms with Crippen molar-refractivity contribution in [2.45, 2.75) is 38.3 Å². The van der Waals surface area contributed by atoms with Gasteiger partial charge in [-0.25, -0.2) is 8.42 Å². The van der Waals surface area contributed by atoms with Gasteiger partial charge in [0, 0.05) is 18.1 Å². The van der Waals surface area contributed by atoms with Gasteiger partial charge in [-0.05, 0) is 26.7 Å². The van der Waals surface area contributed by atoms with Gasteiger partial charge in [0.15, 0.2) is 0 Å². The van der Waals surface area contributed by atoms with Crippen LogP contribution in [0.4, 0.5) is 0 Å². The van der Waals surface area contributed by atoms with Gasteiger partial charge in [-0.2, -0.15) is 4.31 Å². The molecule has 0 aliphatic carbocycles. The third-order valence-corrected chi connectivity index (χ3v) is 4.28. The van der Waals surface area contributed by atoms with Crippen LogP contribution in [0.25, 0.3) is 0 Å². The van der Waals surface area contributed by atoms with E-state index in [9.17, 15) is 8.42 Å². The van der Waals surface area contributed by atoms with Crippen molar-refractivity contribution < 1.29 is 8.42 Å². The molecular formula is C8H18N2O2S. The van der Waals surface area contributed by atoms with Crippen molar-refractivity contribution in [1.82, 2.24) is 4.31 Å². The Hall–Kier alpha value is -0.130. The Bertz CT molecular complexity index is 285. The molecule has 0 amide bonds. The van der Waals surface area contributed by atoms with E-state index in [0.717, 1.165) is 12.8 Å². The minimum Gasteiger partial charge on any atom is -0.326 e. The highest BCUT2D eigenvalue weighted by Crippen LogP contribution is 2.28. The number of rotatable bonds is 1. The van der Waals surface area contributed by atoms with Crippen molar-refractivity contribution in [2.24, 2.45) is 5.73 Å². The molecule has 1 atom stereocenters. The summed E-state index contributed by atoms with van der Waals surface area (Å²) in [7, 11) is -3.11. The van der Waals surface area contributed by atoms with Gasteiger partial charge in [0.1, 0.15) is 0 Å². The molecule has 4 nitrogen and oxygen atoms in total. The fourth-order valence-electron chi connectivity index (χ4n) is 1.87. The summed E-state index contributed by atoms with van der Waals surface area (Å²) in [6.07, 6.45) is 3.00. The molecule has 0 radical (unpaired) electrons. The summed E-state index contributed by atoms with van der Waals surface area (Å²) in [5, 5.41) is 0. The Balaban J connectivity index is 2.98. The number of hydrogen-bond acceptors (Lipinski definition) is 3. The second-order valence-electron chi connectivity index (χ2n) is 4.24. The minimum atomic E-state index is -3.11. The van der Waals surface area contributed by atoms with Crippen LogP contribution in [0.3, 0.4) is 0 Å². The lowest BCUT2D eigenvalue weighted by molar-refractivity contribution is 0.143. The Kier molecular flexibility index (Phi) is 2.71. The van der Waals surface area contributed by atoms with Gasteiger partial charge in [0.2, 0.25) is 10.0 Å². The van der Waals surface area contributed by atoms with E-state index in [0.29, 0.717) is 6.54 Å². The molecule has 0 aromatic carbocycles. The number of sulfonamides is 1. The molecule has 0 spiro atoms. The first-order chi connectivity index (χ1) is 5.76. The zero-order valence-electron chi connectivity index (χ0n) is 8.45. The lowest BCUT2D eigenvalue weighted by atomic mass is 9.88. The molecule has 2 N–H and O–H groups in total. The van der Waals surface area contributed by atoms with Crippen molar-refractivity contribution in [3.63, 3.8) is 0 Å². The fraction of sp³-hybridized carbons (Fsp3) is 1.00. The summed E-state index contributed by atoms with van der Waals surface area (Å²) < 4.78 is 24.3. The average Bonchev–Trinajstić information content (AvgIpc) is 1.92. The van der Waals surface area contributed by atoms with Gasteiger partial charge in [-0.3, -0.25) is 0 Å². The average molecular weight is 206 g/mol. The maximum absolute atomic E-state index is 11.4. The normalized spacial score (nSPS) is 30.3. The van der Waals surface area contributed by atoms with E-state index in [4.69, 9.17) is 5.73 Å². The van der Waals surface area contributed by atoms with Crippen LogP contribution in [-0.2, 0) is 10.0 Å². The van der Waals surface area contributed by atoms with Gasteiger partial charge >= 0.3 is 0 Å². The van der Waals surface area contributed by atoms with Crippen LogP contribution in [0.5, 0.6) is 0 Å². The lowest BCUT2D eigenvalue weighted by Gasteiger charge is -2.44. The zero-order chi connectivity index (χ0) is 10.3. The first kappa shape index (κ1) is 10.9. The highest BCUT2D eigenvalue weighted by molar-refractivity contribution is 7.88. The summed E-state index contributed by atoms with van der Waals surface area (Å²) in [6.45, 7) is 4.37. The predicted octanol–water partition coefficient (Wildman–Crippen LogP) is 0.148. The molecule has 5 heteroatoms. The number of piperidine rings is 1. The van der Waals surface area contributed by atoms with E-state index in [-0.39, 0.29) is 6.04 Å². The molecule has 1 rings (SSSR count). The molecule has 0 aromatic rings. The first-order valence-corrected chi connectivity index (χ1v) is 6.34. The van der Waals surface area contributed by atoms with E-state index in [1.54, 1.807) is 0 Å². The minimum absolute atomic E-state index is 0.0593. The fourth-order valence-corrected chi connectivity index (χ4v) is 3.33. The predicted molar refractivity (Wildman–Crippen MR) is 52.8 cm³/mol. The van der Waals surface area contributed by atoms with Crippen LogP contribution < -0.4 is 5.73 Å². The molecule has 0 aromatic heterocycles. The number of nitrogens with zero attached hydrogens (tertiary/aromatic N) is 1. The van der Waals surface area contributed by atoms with Crippen LogP contribution in [0.15, 0.2) is 0 Å². The Morgan fingerprint density at radius 1 is 1.46 bits per heavy atom. The van der Waals surface area contributed by atoms with Gasteiger partial charge in [0.25, 0.3) is 0 Å². The molecule has 0 saturated carbocycles. The largest absolute Gasteiger partial charge is 0.326 e. The van der Waals surface area contributed by atoms with Crippen molar-refractivity contribution in [2.75, 3.05) is 12.8 Å². The van der Waals surface area contributed by atoms with Crippen molar-refractivity contribution in [3.8, 4) is 0 Å². The van der Waals surface area contributed by atoms with Gasteiger partial charge in [0.05, 0.1) is 6.26 Å². The molecule has 1 aliphatic heterocycles. The van der Waals surface area contributed by atoms with E-state index in [1.807, 2.05) is 13.8 Å². The zero-order valence-corrected chi connectivity index (χ0v) is 9.26. The topological polar surface area (TPSA) is 63.4 Å². The number of nitrogens with two attached hydrogens (primary N) is 1. The maximum atomic E-state index is 11.4. The SMILES string of the molecule is CC1(C)C(N)CCCN1S(C)(=O)=O. The molecular weight excluding hydrogens is 188 g/mol. The summed E-state index contributed by atoms with van der Waals surface area (Å²) in [4.78, 5) is 0. The molecule has 1 heterocycles. The molecule has 1 unspecified atom stereocenters. The molecule has 13 heavy (non-hydrogen) atoms. The van der Waals surface area contributed by atoms with E-state index in [1.165, 1.54) is 10.6 Å². The van der Waals surface area contributed by atoms with Gasteiger partial charge < -0.3 is 5.73 Å². The van der Waals surface area contributed by atoms with Crippen molar-refractivity contribution in [3.05, 3.63) is 0 Å². The van der Waals surface area contributed by atoms with Crippen molar-refractivity contribution in [1.29, 1.82) is 0 Å². The molecule has 1 fully saturated rings. The Labute approximate surface area is 80.1 Å². The second-order valence-corrected chi connectivity index (χ2v) is 6.14. The maximum Gasteiger partial charge on any atom is 0.211 e. The highest BCUT2D eigenvalue weighted by Gasteiger charge is 2.41. The van der Waals surface area contributed by atoms with Crippen molar-refractivity contribution >= 4 is 10.0 Å². The summed E-state index contributed by atoms with van der Waals surface area (Å²) in [6, 6.07) is -0.0593. The third kappa shape index (κ3) is 2.03. The summed E-state index contributed by atoms with van der Waals surface area (Å²) >= 11 is 0. The van der Waals surface area contributed by atoms with Gasteiger partial charge in [-0.15, -0.1) is 0 Å². The molecule has 1 aliphatic rings. The van der Waals surface area contributed by atoms with Gasteiger partial charge in [-0.1, -0.05) is 0 Å². The molecule has 0 bridgehead atoms. The first-order valence-electron chi connectivity index (χ1n) is 4.49. The van der Waals surface area contributed by atoms with Crippen LogP contribution in [0.2, 0.25) is 0 Å². The second kappa shape index (κ2) is 3.22. The quantitative estimate of drug-likeness (QED) is 0.664. The highest BCUT2D eigenvalue weighted by atomic mass is 32.2. The lowest BCUT2D eigenvalue weighted by Crippen LogP contribution is -2.60. The Morgan fingerprint density at radius 2 is 2.00 bits per heavy atom. The smallest absolute Gasteiger partial charge is 0.211 e. The Morgan fingerprint density at radius 3 is 2.38 bits per heavy atom. The van der Waals surface area contributed by atoms with Crippen LogP contribution in [0, 0.1) is 0 Å². The van der Waals surface area contributed by atoms with Crippen LogP contribution in [-0.4, -0.2) is 37.1 Å². The monoisotopic (exact) mass is 206 g/mol. The standard InChI is InChI=1S/C8H18N2O2S/c1-8(2)7(9)5-4-6-10(8)13(3,11)12/h7H,4-6,9H2,1-3H3. The molecule has 78 valence electrons. The van der Waals surface area contributed by atoms with E-state index < -0.39 is 15.6 Å². The number of hydrogen-bond donors (Lipinski definition) is 1. The van der Waals surface area contributed by atoms with E-state index in [2.05, 4.69) is 0 Å². The molecule has 1 saturated heterocycles. The van der Waals surface area contributed by atoms with Crippen LogP contribution in [0.1, 0.15) is 26.7 Å². The summed E-state index contributed by atoms with van der Waals surface area (Å²) in [5.41, 5.74) is 5.45. The van der Waals surface area contributed by atoms with Crippen LogP contribution >= 0.6 is 0 Å².